The van der Waals surface area contributed by atoms with Crippen molar-refractivity contribution in [1.82, 2.24) is 10.0 Å². The lowest BCUT2D eigenvalue weighted by Gasteiger charge is -2.19. The Balaban J connectivity index is 2.38. The average molecular weight is 443 g/mol. The SMILES string of the molecule is CNS(=O)(=O)c1cc(C(O)C(F)(F)F)c(OC(=O)NCc2ccco2)cc1Cl. The summed E-state index contributed by atoms with van der Waals surface area (Å²) in [5.74, 6) is -0.414. The van der Waals surface area contributed by atoms with E-state index in [2.05, 4.69) is 5.32 Å². The number of nitrogens with one attached hydrogen (secondary N) is 2. The van der Waals surface area contributed by atoms with Gasteiger partial charge < -0.3 is 19.6 Å². The van der Waals surface area contributed by atoms with Gasteiger partial charge in [0.1, 0.15) is 16.4 Å². The summed E-state index contributed by atoms with van der Waals surface area (Å²) < 4.78 is 74.4. The first-order valence-electron chi connectivity index (χ1n) is 7.45. The molecule has 1 aromatic carbocycles. The van der Waals surface area contributed by atoms with Gasteiger partial charge in [-0.1, -0.05) is 11.6 Å². The first kappa shape index (κ1) is 22.0. The summed E-state index contributed by atoms with van der Waals surface area (Å²) in [4.78, 5) is 11.1. The molecule has 1 atom stereocenters. The number of ether oxygens (including phenoxy) is 1. The van der Waals surface area contributed by atoms with Crippen LogP contribution in [0.2, 0.25) is 5.02 Å². The van der Waals surface area contributed by atoms with Crippen LogP contribution in [0, 0.1) is 0 Å². The lowest BCUT2D eigenvalue weighted by molar-refractivity contribution is -0.207. The van der Waals surface area contributed by atoms with Gasteiger partial charge in [-0.2, -0.15) is 13.2 Å². The molecule has 1 heterocycles. The van der Waals surface area contributed by atoms with Crippen molar-refractivity contribution in [3.8, 4) is 5.75 Å². The van der Waals surface area contributed by atoms with Crippen LogP contribution >= 0.6 is 11.6 Å². The standard InChI is InChI=1S/C15H14ClF3N2O6S/c1-20-28(24,25)12-5-9(13(22)15(17,18)19)11(6-10(12)16)27-14(23)21-7-8-3-2-4-26-8/h2-6,13,20,22H,7H2,1H3,(H,21,23). The van der Waals surface area contributed by atoms with Gasteiger partial charge in [0.05, 0.1) is 17.8 Å². The van der Waals surface area contributed by atoms with E-state index in [9.17, 15) is 31.5 Å². The van der Waals surface area contributed by atoms with Crippen molar-refractivity contribution in [3.05, 3.63) is 46.9 Å². The number of furan rings is 1. The van der Waals surface area contributed by atoms with Gasteiger partial charge in [0.2, 0.25) is 10.0 Å². The highest BCUT2D eigenvalue weighted by atomic mass is 35.5. The van der Waals surface area contributed by atoms with Crippen molar-refractivity contribution in [2.45, 2.75) is 23.7 Å². The topological polar surface area (TPSA) is 118 Å². The van der Waals surface area contributed by atoms with E-state index in [0.29, 0.717) is 17.9 Å². The van der Waals surface area contributed by atoms with Gasteiger partial charge in [-0.05, 0) is 25.2 Å². The van der Waals surface area contributed by atoms with E-state index in [-0.39, 0.29) is 6.54 Å². The highest BCUT2D eigenvalue weighted by Crippen LogP contribution is 2.40. The Kier molecular flexibility index (Phi) is 6.59. The Labute approximate surface area is 162 Å². The maximum absolute atomic E-state index is 13.0. The molecular formula is C15H14ClF3N2O6S. The van der Waals surface area contributed by atoms with Crippen LogP contribution in [0.1, 0.15) is 17.4 Å². The van der Waals surface area contributed by atoms with Crippen molar-refractivity contribution < 1.29 is 40.6 Å². The molecule has 0 aliphatic heterocycles. The number of amides is 1. The number of hydrogen-bond donors (Lipinski definition) is 3. The monoisotopic (exact) mass is 442 g/mol. The van der Waals surface area contributed by atoms with E-state index in [4.69, 9.17) is 20.8 Å². The predicted octanol–water partition coefficient (Wildman–Crippen LogP) is 2.73. The second-order valence-electron chi connectivity index (χ2n) is 5.29. The lowest BCUT2D eigenvalue weighted by Crippen LogP contribution is -2.28. The molecular weight excluding hydrogens is 429 g/mol. The molecule has 0 bridgehead atoms. The molecule has 13 heteroatoms. The fourth-order valence-electron chi connectivity index (χ4n) is 2.05. The second-order valence-corrected chi connectivity index (χ2v) is 7.56. The van der Waals surface area contributed by atoms with E-state index in [1.807, 2.05) is 4.72 Å². The number of rotatable bonds is 6. The smallest absolute Gasteiger partial charge is 0.418 e. The number of alkyl halides is 3. The van der Waals surface area contributed by atoms with E-state index >= 15 is 0 Å². The summed E-state index contributed by atoms with van der Waals surface area (Å²) in [5, 5.41) is 11.3. The van der Waals surface area contributed by atoms with E-state index in [0.717, 1.165) is 7.05 Å². The predicted molar refractivity (Wildman–Crippen MR) is 90.3 cm³/mol. The van der Waals surface area contributed by atoms with Crippen molar-refractivity contribution in [2.75, 3.05) is 7.05 Å². The molecule has 28 heavy (non-hydrogen) atoms. The summed E-state index contributed by atoms with van der Waals surface area (Å²) in [6.45, 7) is -0.122. The van der Waals surface area contributed by atoms with E-state index in [1.54, 1.807) is 6.07 Å². The zero-order valence-electron chi connectivity index (χ0n) is 14.1. The van der Waals surface area contributed by atoms with Crippen molar-refractivity contribution in [3.63, 3.8) is 0 Å². The van der Waals surface area contributed by atoms with Gasteiger partial charge in [0, 0.05) is 11.6 Å². The molecule has 3 N–H and O–H groups in total. The Morgan fingerprint density at radius 2 is 2.07 bits per heavy atom. The maximum Gasteiger partial charge on any atom is 0.418 e. The van der Waals surface area contributed by atoms with Gasteiger partial charge in [0.25, 0.3) is 0 Å². The number of aliphatic hydroxyl groups excluding tert-OH is 1. The molecule has 0 aliphatic carbocycles. The van der Waals surface area contributed by atoms with Crippen LogP contribution in [0.5, 0.6) is 5.75 Å². The molecule has 0 saturated carbocycles. The number of carbonyl (C=O) groups excluding carboxylic acids is 1. The number of halogens is 4. The number of carbonyl (C=O) groups is 1. The van der Waals surface area contributed by atoms with Crippen LogP contribution in [-0.4, -0.2) is 32.8 Å². The fourth-order valence-corrected chi connectivity index (χ4v) is 3.33. The fraction of sp³-hybridized carbons (Fsp3) is 0.267. The largest absolute Gasteiger partial charge is 0.467 e. The molecule has 0 radical (unpaired) electrons. The molecule has 8 nitrogen and oxygen atoms in total. The molecule has 0 spiro atoms. The summed E-state index contributed by atoms with van der Waals surface area (Å²) in [6.07, 6.45) is -8.10. The Morgan fingerprint density at radius 1 is 1.39 bits per heavy atom. The molecule has 2 rings (SSSR count). The van der Waals surface area contributed by atoms with Gasteiger partial charge >= 0.3 is 12.3 Å². The molecule has 1 unspecified atom stereocenters. The van der Waals surface area contributed by atoms with Gasteiger partial charge in [0.15, 0.2) is 6.10 Å². The van der Waals surface area contributed by atoms with E-state index in [1.165, 1.54) is 12.3 Å². The Morgan fingerprint density at radius 3 is 2.61 bits per heavy atom. The number of sulfonamides is 1. The summed E-state index contributed by atoms with van der Waals surface area (Å²) in [6, 6.07) is 4.28. The third kappa shape index (κ3) is 5.16. The molecule has 0 saturated heterocycles. The molecule has 0 aliphatic rings. The normalized spacial score (nSPS) is 13.2. The van der Waals surface area contributed by atoms with Crippen LogP contribution in [0.4, 0.5) is 18.0 Å². The quantitative estimate of drug-likeness (QED) is 0.633. The molecule has 1 aromatic heterocycles. The van der Waals surface area contributed by atoms with Gasteiger partial charge in [-0.15, -0.1) is 0 Å². The number of aliphatic hydroxyl groups is 1. The number of hydrogen-bond acceptors (Lipinski definition) is 6. The minimum absolute atomic E-state index is 0.122. The number of benzene rings is 1. The van der Waals surface area contributed by atoms with Crippen LogP contribution in [0.15, 0.2) is 39.8 Å². The first-order chi connectivity index (χ1) is 13.0. The molecule has 154 valence electrons. The Hall–Kier alpha value is -2.28. The Bertz CT molecular complexity index is 947. The van der Waals surface area contributed by atoms with Gasteiger partial charge in [-0.25, -0.2) is 17.9 Å². The summed E-state index contributed by atoms with van der Waals surface area (Å²) in [7, 11) is -3.22. The zero-order valence-corrected chi connectivity index (χ0v) is 15.7. The van der Waals surface area contributed by atoms with Crippen LogP contribution in [-0.2, 0) is 16.6 Å². The first-order valence-corrected chi connectivity index (χ1v) is 9.31. The highest BCUT2D eigenvalue weighted by molar-refractivity contribution is 7.89. The van der Waals surface area contributed by atoms with Crippen LogP contribution < -0.4 is 14.8 Å². The summed E-state index contributed by atoms with van der Waals surface area (Å²) in [5.41, 5.74) is -1.00. The molecule has 2 aromatic rings. The summed E-state index contributed by atoms with van der Waals surface area (Å²) >= 11 is 5.82. The minimum atomic E-state index is -5.16. The lowest BCUT2D eigenvalue weighted by atomic mass is 10.1. The zero-order chi connectivity index (χ0) is 21.1. The molecule has 0 fully saturated rings. The van der Waals surface area contributed by atoms with Crippen LogP contribution in [0.25, 0.3) is 0 Å². The third-order valence-electron chi connectivity index (χ3n) is 3.42. The highest BCUT2D eigenvalue weighted by Gasteiger charge is 2.42. The van der Waals surface area contributed by atoms with Crippen molar-refractivity contribution in [2.24, 2.45) is 0 Å². The molecule has 1 amide bonds. The van der Waals surface area contributed by atoms with Gasteiger partial charge in [-0.3, -0.25) is 0 Å². The minimum Gasteiger partial charge on any atom is -0.467 e. The third-order valence-corrected chi connectivity index (χ3v) is 5.30. The van der Waals surface area contributed by atoms with E-state index < -0.39 is 49.6 Å². The van der Waals surface area contributed by atoms with Crippen LogP contribution in [0.3, 0.4) is 0 Å². The second kappa shape index (κ2) is 8.39. The average Bonchev–Trinajstić information content (AvgIpc) is 3.12. The van der Waals surface area contributed by atoms with Crippen molar-refractivity contribution in [1.29, 1.82) is 0 Å². The van der Waals surface area contributed by atoms with Crippen molar-refractivity contribution >= 4 is 27.7 Å². The maximum atomic E-state index is 13.0.